The van der Waals surface area contributed by atoms with Gasteiger partial charge in [0.05, 0.1) is 12.7 Å². The van der Waals surface area contributed by atoms with Crippen LogP contribution in [-0.4, -0.2) is 39.2 Å². The highest BCUT2D eigenvalue weighted by atomic mass is 32.2. The van der Waals surface area contributed by atoms with Crippen LogP contribution in [0.15, 0.2) is 18.3 Å². The second-order valence-corrected chi connectivity index (χ2v) is 5.40. The lowest BCUT2D eigenvalue weighted by molar-refractivity contribution is 0.0600. The smallest absolute Gasteiger partial charge is 0.338 e. The number of fused-ring (bicyclic) bond motifs is 1. The molecule has 1 aliphatic rings. The van der Waals surface area contributed by atoms with Gasteiger partial charge in [-0.1, -0.05) is 0 Å². The van der Waals surface area contributed by atoms with E-state index in [2.05, 4.69) is 10.2 Å². The average Bonchev–Trinajstić information content (AvgIpc) is 3.05. The minimum atomic E-state index is -0.349. The summed E-state index contributed by atoms with van der Waals surface area (Å²) in [5.41, 5.74) is 1.20. The second-order valence-electron chi connectivity index (χ2n) is 4.25. The van der Waals surface area contributed by atoms with Crippen molar-refractivity contribution in [3.05, 3.63) is 29.7 Å². The van der Waals surface area contributed by atoms with Gasteiger partial charge in [0.1, 0.15) is 5.82 Å². The third kappa shape index (κ3) is 1.86. The van der Waals surface area contributed by atoms with Crippen molar-refractivity contribution in [3.8, 4) is 0 Å². The van der Waals surface area contributed by atoms with E-state index in [0.29, 0.717) is 17.1 Å². The lowest BCUT2D eigenvalue weighted by Gasteiger charge is -2.06. The fourth-order valence-electron chi connectivity index (χ4n) is 2.17. The molecule has 0 saturated carbocycles. The van der Waals surface area contributed by atoms with Crippen molar-refractivity contribution < 1.29 is 9.53 Å². The number of aromatic nitrogens is 3. The molecule has 0 amide bonds. The maximum Gasteiger partial charge on any atom is 0.338 e. The Labute approximate surface area is 109 Å². The summed E-state index contributed by atoms with van der Waals surface area (Å²) >= 11 is 1.95. The standard InChI is InChI=1S/C12H13N3O2S/c1-17-12(16)8-2-4-15-10(6-8)13-14-11(15)9-3-5-18-7-9/h2,4,6,9H,3,5,7H2,1H3. The highest BCUT2D eigenvalue weighted by Crippen LogP contribution is 2.31. The quantitative estimate of drug-likeness (QED) is 0.772. The van der Waals surface area contributed by atoms with Crippen LogP contribution in [0.2, 0.25) is 0 Å². The zero-order chi connectivity index (χ0) is 12.5. The summed E-state index contributed by atoms with van der Waals surface area (Å²) in [6, 6.07) is 3.46. The molecule has 0 spiro atoms. The minimum absolute atomic E-state index is 0.349. The van der Waals surface area contributed by atoms with Gasteiger partial charge in [-0.2, -0.15) is 11.8 Å². The predicted octanol–water partition coefficient (Wildman–Crippen LogP) is 1.74. The molecule has 0 aromatic carbocycles. The minimum Gasteiger partial charge on any atom is -0.465 e. The van der Waals surface area contributed by atoms with E-state index in [1.54, 1.807) is 12.1 Å². The average molecular weight is 263 g/mol. The molecule has 5 nitrogen and oxygen atoms in total. The first-order chi connectivity index (χ1) is 8.79. The Morgan fingerprint density at radius 2 is 2.44 bits per heavy atom. The van der Waals surface area contributed by atoms with Gasteiger partial charge in [0, 0.05) is 17.9 Å². The largest absolute Gasteiger partial charge is 0.465 e. The highest BCUT2D eigenvalue weighted by molar-refractivity contribution is 7.99. The number of thioether (sulfide) groups is 1. The molecule has 0 N–H and O–H groups in total. The summed E-state index contributed by atoms with van der Waals surface area (Å²) in [6.07, 6.45) is 2.99. The fourth-order valence-corrected chi connectivity index (χ4v) is 3.39. The SMILES string of the molecule is COC(=O)c1ccn2c(C3CCSC3)nnc2c1. The molecule has 2 aromatic rings. The van der Waals surface area contributed by atoms with E-state index < -0.39 is 0 Å². The van der Waals surface area contributed by atoms with E-state index in [1.165, 1.54) is 12.9 Å². The molecule has 2 aromatic heterocycles. The van der Waals surface area contributed by atoms with Crippen molar-refractivity contribution in [3.63, 3.8) is 0 Å². The third-order valence-corrected chi connectivity index (χ3v) is 4.31. The number of hydrogen-bond donors (Lipinski definition) is 0. The van der Waals surface area contributed by atoms with E-state index in [9.17, 15) is 4.79 Å². The van der Waals surface area contributed by atoms with Gasteiger partial charge < -0.3 is 4.74 Å². The Morgan fingerprint density at radius 3 is 3.17 bits per heavy atom. The van der Waals surface area contributed by atoms with Crippen LogP contribution in [0.5, 0.6) is 0 Å². The molecule has 94 valence electrons. The molecule has 1 fully saturated rings. The van der Waals surface area contributed by atoms with E-state index >= 15 is 0 Å². The van der Waals surface area contributed by atoms with Crippen molar-refractivity contribution in [1.82, 2.24) is 14.6 Å². The summed E-state index contributed by atoms with van der Waals surface area (Å²) in [4.78, 5) is 11.4. The van der Waals surface area contributed by atoms with Crippen LogP contribution < -0.4 is 0 Å². The van der Waals surface area contributed by atoms with Gasteiger partial charge in [-0.05, 0) is 24.3 Å². The van der Waals surface area contributed by atoms with Crippen molar-refractivity contribution in [2.24, 2.45) is 0 Å². The Balaban J connectivity index is 2.02. The van der Waals surface area contributed by atoms with Crippen LogP contribution in [0.1, 0.15) is 28.5 Å². The van der Waals surface area contributed by atoms with E-state index in [0.717, 1.165) is 18.0 Å². The van der Waals surface area contributed by atoms with Crippen LogP contribution in [0, 0.1) is 0 Å². The predicted molar refractivity (Wildman–Crippen MR) is 69.0 cm³/mol. The topological polar surface area (TPSA) is 56.5 Å². The number of carbonyl (C=O) groups is 1. The second kappa shape index (κ2) is 4.61. The van der Waals surface area contributed by atoms with Gasteiger partial charge in [0.2, 0.25) is 0 Å². The maximum absolute atomic E-state index is 11.4. The summed E-state index contributed by atoms with van der Waals surface area (Å²) in [6.45, 7) is 0. The summed E-state index contributed by atoms with van der Waals surface area (Å²) < 4.78 is 6.65. The van der Waals surface area contributed by atoms with E-state index in [4.69, 9.17) is 4.74 Å². The zero-order valence-electron chi connectivity index (χ0n) is 10.00. The first kappa shape index (κ1) is 11.5. The zero-order valence-corrected chi connectivity index (χ0v) is 10.8. The summed E-state index contributed by atoms with van der Waals surface area (Å²) in [7, 11) is 1.37. The number of carbonyl (C=O) groups excluding carboxylic acids is 1. The van der Waals surface area contributed by atoms with Crippen LogP contribution in [0.3, 0.4) is 0 Å². The van der Waals surface area contributed by atoms with Crippen molar-refractivity contribution >= 4 is 23.4 Å². The van der Waals surface area contributed by atoms with Gasteiger partial charge >= 0.3 is 5.97 Å². The molecule has 1 atom stereocenters. The molecule has 1 saturated heterocycles. The number of methoxy groups -OCH3 is 1. The molecule has 1 unspecified atom stereocenters. The number of nitrogens with zero attached hydrogens (tertiary/aromatic N) is 3. The monoisotopic (exact) mass is 263 g/mol. The highest BCUT2D eigenvalue weighted by Gasteiger charge is 2.22. The Morgan fingerprint density at radius 1 is 1.56 bits per heavy atom. The number of esters is 1. The molecule has 18 heavy (non-hydrogen) atoms. The molecule has 0 radical (unpaired) electrons. The molecule has 6 heteroatoms. The molecule has 0 aliphatic carbocycles. The molecular weight excluding hydrogens is 250 g/mol. The molecule has 3 rings (SSSR count). The van der Waals surface area contributed by atoms with Gasteiger partial charge in [-0.15, -0.1) is 10.2 Å². The van der Waals surface area contributed by atoms with E-state index in [1.807, 2.05) is 22.4 Å². The molecule has 1 aliphatic heterocycles. The fraction of sp³-hybridized carbons (Fsp3) is 0.417. The van der Waals surface area contributed by atoms with E-state index in [-0.39, 0.29) is 5.97 Å². The Kier molecular flexibility index (Phi) is 2.95. The Bertz CT molecular complexity index is 590. The van der Waals surface area contributed by atoms with Crippen LogP contribution in [0.25, 0.3) is 5.65 Å². The summed E-state index contributed by atoms with van der Waals surface area (Å²) in [5.74, 6) is 3.39. The molecule has 3 heterocycles. The number of hydrogen-bond acceptors (Lipinski definition) is 5. The van der Waals surface area contributed by atoms with Gasteiger partial charge in [0.25, 0.3) is 0 Å². The van der Waals surface area contributed by atoms with Crippen molar-refractivity contribution in [2.45, 2.75) is 12.3 Å². The van der Waals surface area contributed by atoms with Crippen LogP contribution in [0.4, 0.5) is 0 Å². The normalized spacial score (nSPS) is 19.3. The van der Waals surface area contributed by atoms with Crippen LogP contribution in [-0.2, 0) is 4.74 Å². The van der Waals surface area contributed by atoms with Gasteiger partial charge in [0.15, 0.2) is 5.65 Å². The van der Waals surface area contributed by atoms with Crippen molar-refractivity contribution in [1.29, 1.82) is 0 Å². The number of pyridine rings is 1. The summed E-state index contributed by atoms with van der Waals surface area (Å²) in [5, 5.41) is 8.39. The first-order valence-electron chi connectivity index (χ1n) is 5.80. The lowest BCUT2D eigenvalue weighted by Crippen LogP contribution is -2.05. The number of ether oxygens (including phenoxy) is 1. The molecular formula is C12H13N3O2S. The number of rotatable bonds is 2. The maximum atomic E-state index is 11.4. The lowest BCUT2D eigenvalue weighted by atomic mass is 10.1. The first-order valence-corrected chi connectivity index (χ1v) is 6.96. The van der Waals surface area contributed by atoms with Gasteiger partial charge in [-0.3, -0.25) is 4.40 Å². The van der Waals surface area contributed by atoms with Crippen molar-refractivity contribution in [2.75, 3.05) is 18.6 Å². The molecule has 0 bridgehead atoms. The third-order valence-electron chi connectivity index (χ3n) is 3.15. The van der Waals surface area contributed by atoms with Crippen LogP contribution >= 0.6 is 11.8 Å². The Hall–Kier alpha value is -1.56. The van der Waals surface area contributed by atoms with Gasteiger partial charge in [-0.25, -0.2) is 4.79 Å².